The van der Waals surface area contributed by atoms with Crippen molar-refractivity contribution >= 4 is 60.8 Å². The van der Waals surface area contributed by atoms with Crippen LogP contribution in [0.3, 0.4) is 0 Å². The highest BCUT2D eigenvalue weighted by Gasteiger charge is 1.58. The van der Waals surface area contributed by atoms with Crippen molar-refractivity contribution in [3.05, 3.63) is 0 Å². The van der Waals surface area contributed by atoms with Crippen molar-refractivity contribution in [2.75, 3.05) is 0 Å². The lowest BCUT2D eigenvalue weighted by atomic mass is 11.9. The van der Waals surface area contributed by atoms with Gasteiger partial charge in [-0.2, -0.15) is 19.8 Å². The number of hydrogen-bond acceptors (Lipinski definition) is 1. The monoisotopic (exact) mass is 178 g/mol. The van der Waals surface area contributed by atoms with E-state index in [4.69, 9.17) is 0 Å². The van der Waals surface area contributed by atoms with Gasteiger partial charge in [0.15, 0.2) is 0 Å². The normalized spacial score (nSPS) is 4.33. The smallest absolute Gasteiger partial charge is 0.0976 e. The molecule has 0 radical (unpaired) electrons. The van der Waals surface area contributed by atoms with E-state index in [1.165, 1.54) is 0 Å². The maximum Gasteiger partial charge on any atom is 0.0976 e. The molecule has 0 saturated heterocycles. The Kier molecular flexibility index (Phi) is 25.6. The zero-order chi connectivity index (χ0) is 3.58. The van der Waals surface area contributed by atoms with E-state index in [0.29, 0.717) is 3.53 Å². The van der Waals surface area contributed by atoms with Crippen LogP contribution in [0.25, 0.3) is 0 Å². The molecular weight excluding hydrogens is 170 g/mol. The van der Waals surface area contributed by atoms with Crippen LogP contribution < -0.4 is 0 Å². The Labute approximate surface area is 60.9 Å². The number of hydrogen-bond donors (Lipinski definition) is 2. The lowest BCUT2D eigenvalue weighted by Gasteiger charge is -1.59. The third-order valence-corrected chi connectivity index (χ3v) is 0. The van der Waals surface area contributed by atoms with Gasteiger partial charge in [-0.25, -0.2) is 0 Å². The van der Waals surface area contributed by atoms with Crippen LogP contribution in [0.5, 0.6) is 0 Å². The topological polar surface area (TPSA) is 0 Å². The molecule has 0 aromatic rings. The summed E-state index contributed by atoms with van der Waals surface area (Å²) in [6.07, 6.45) is 0. The van der Waals surface area contributed by atoms with Crippen molar-refractivity contribution in [3.63, 3.8) is 0 Å². The molecule has 0 heterocycles. The lowest BCUT2D eigenvalue weighted by molar-refractivity contribution is 4.26. The molecule has 0 aliphatic rings. The van der Waals surface area contributed by atoms with Gasteiger partial charge in [-0.05, 0) is 0 Å². The van der Waals surface area contributed by atoms with Gasteiger partial charge in [0.1, 0.15) is 0 Å². The molecule has 0 rings (SSSR count). The second-order valence-electron chi connectivity index (χ2n) is 0.283. The summed E-state index contributed by atoms with van der Waals surface area (Å²) in [6.45, 7) is 0. The van der Waals surface area contributed by atoms with E-state index in [1.54, 1.807) is 0 Å². The summed E-state index contributed by atoms with van der Waals surface area (Å²) in [5, 5.41) is 0. The Balaban J connectivity index is -0.0000000450. The number of thiocarbonyl (C=S) groups is 1. The van der Waals surface area contributed by atoms with E-state index in [1.807, 2.05) is 0 Å². The molecule has 0 saturated carbocycles. The largest absolute Gasteiger partial charge is 0.153 e. The molecule has 0 N–H and O–H groups in total. The summed E-state index contributed by atoms with van der Waals surface area (Å²) in [4.78, 5) is 0. The van der Waals surface area contributed by atoms with Crippen LogP contribution in [0.2, 0.25) is 0 Å². The van der Waals surface area contributed by atoms with Gasteiger partial charge in [0, 0.05) is 0 Å². The van der Waals surface area contributed by atoms with Crippen LogP contribution in [-0.2, 0) is 0 Å². The van der Waals surface area contributed by atoms with Gasteiger partial charge in [0.25, 0.3) is 0 Å². The van der Waals surface area contributed by atoms with Gasteiger partial charge in [-0.1, -0.05) is 12.2 Å². The van der Waals surface area contributed by atoms with Gasteiger partial charge in [0.2, 0.25) is 0 Å². The van der Waals surface area contributed by atoms with Gasteiger partial charge >= 0.3 is 0 Å². The predicted molar refractivity (Wildman–Crippen MR) is 52.8 cm³/mol. The highest BCUT2D eigenvalue weighted by molar-refractivity contribution is 8.34. The molecule has 0 aliphatic heterocycles. The molecule has 0 nitrogen and oxygen atoms in total. The van der Waals surface area contributed by atoms with Crippen molar-refractivity contribution in [2.45, 2.75) is 0 Å². The molecule has 0 amide bonds. The van der Waals surface area contributed by atoms with Crippen molar-refractivity contribution in [1.82, 2.24) is 0 Å². The molecule has 0 aromatic heterocycles. The van der Waals surface area contributed by atoms with Crippen LogP contribution in [0.4, 0.5) is 0 Å². The van der Waals surface area contributed by atoms with E-state index in [0.717, 1.165) is 0 Å². The molecule has 0 fully saturated rings. The fraction of sp³-hybridized carbons (Fsp3) is 0. The van der Waals surface area contributed by atoms with Crippen LogP contribution in [0.15, 0.2) is 0 Å². The van der Waals surface area contributed by atoms with E-state index in [9.17, 15) is 0 Å². The maximum absolute atomic E-state index is 4.27. The molecule has 2 unspecified atom stereocenters. The molecule has 5 heteroatoms. The minimum Gasteiger partial charge on any atom is -0.153 e. The summed E-state index contributed by atoms with van der Waals surface area (Å²) >= 11 is 11.4. The first-order chi connectivity index (χ1) is 1.73. The molecule has 0 bridgehead atoms. The van der Waals surface area contributed by atoms with E-state index in [2.05, 4.69) is 37.5 Å². The predicted octanol–water partition coefficient (Wildman–Crippen LogP) is 1.25. The number of rotatable bonds is 0. The second-order valence-corrected chi connectivity index (χ2v) is 2.54. The molecule has 40 valence electrons. The molecule has 0 spiro atoms. The van der Waals surface area contributed by atoms with Crippen molar-refractivity contribution in [3.8, 4) is 0 Å². The standard InChI is InChI=1S/CH2S3.2H3P/c2-1(3)4;;/h(H2,2,3,4);2*1H3. The Morgan fingerprint density at radius 2 is 1.17 bits per heavy atom. The first kappa shape index (κ1) is 15.6. The Hall–Kier alpha value is 1.65. The van der Waals surface area contributed by atoms with Crippen molar-refractivity contribution in [2.24, 2.45) is 0 Å². The van der Waals surface area contributed by atoms with Gasteiger partial charge in [0.05, 0.1) is 3.53 Å². The third-order valence-electron chi connectivity index (χ3n) is 0. The molecule has 0 aromatic carbocycles. The summed E-state index contributed by atoms with van der Waals surface area (Å²) in [5.41, 5.74) is 0. The van der Waals surface area contributed by atoms with E-state index < -0.39 is 0 Å². The fourth-order valence-electron chi connectivity index (χ4n) is 0. The summed E-state index contributed by atoms with van der Waals surface area (Å²) < 4.78 is 0.389. The summed E-state index contributed by atoms with van der Waals surface area (Å²) in [6, 6.07) is 0. The Morgan fingerprint density at radius 3 is 1.17 bits per heavy atom. The van der Waals surface area contributed by atoms with E-state index >= 15 is 0 Å². The molecule has 2 atom stereocenters. The highest BCUT2D eigenvalue weighted by Crippen LogP contribution is 1.83. The quantitative estimate of drug-likeness (QED) is 0.320. The second kappa shape index (κ2) is 9.82. The van der Waals surface area contributed by atoms with Crippen molar-refractivity contribution in [1.29, 1.82) is 0 Å². The van der Waals surface area contributed by atoms with Gasteiger partial charge in [-0.15, -0.1) is 25.3 Å². The lowest BCUT2D eigenvalue weighted by Crippen LogP contribution is -1.46. The molecule has 0 aliphatic carbocycles. The molecular formula is CH8P2S3. The zero-order valence-corrected chi connectivity index (χ0v) is 8.65. The minimum absolute atomic E-state index is 0. The maximum atomic E-state index is 4.27. The van der Waals surface area contributed by atoms with Crippen LogP contribution in [0.1, 0.15) is 0 Å². The summed E-state index contributed by atoms with van der Waals surface area (Å²) in [7, 11) is 0. The molecule has 6 heavy (non-hydrogen) atoms. The minimum atomic E-state index is 0. The average molecular weight is 178 g/mol. The highest BCUT2D eigenvalue weighted by atomic mass is 32.2. The van der Waals surface area contributed by atoms with E-state index in [-0.39, 0.29) is 19.8 Å². The Morgan fingerprint density at radius 1 is 1.17 bits per heavy atom. The van der Waals surface area contributed by atoms with Crippen LogP contribution >= 0.6 is 57.3 Å². The summed E-state index contributed by atoms with van der Waals surface area (Å²) in [5.74, 6) is 0. The number of thiol groups is 2. The SMILES string of the molecule is P.P.S=C(S)S. The average Bonchev–Trinajstić information content (AvgIpc) is 0.811. The first-order valence-electron chi connectivity index (χ1n) is 0.651. The Bertz CT molecular complexity index is 31.8. The van der Waals surface area contributed by atoms with Crippen LogP contribution in [0, 0.1) is 0 Å². The van der Waals surface area contributed by atoms with Gasteiger partial charge in [-0.3, -0.25) is 0 Å². The van der Waals surface area contributed by atoms with Crippen molar-refractivity contribution < 1.29 is 0 Å². The zero-order valence-electron chi connectivity index (χ0n) is 3.22. The third kappa shape index (κ3) is 44.9. The van der Waals surface area contributed by atoms with Gasteiger partial charge < -0.3 is 0 Å². The first-order valence-corrected chi connectivity index (χ1v) is 1.95. The fourth-order valence-corrected chi connectivity index (χ4v) is 0. The van der Waals surface area contributed by atoms with Crippen LogP contribution in [-0.4, -0.2) is 3.53 Å².